The van der Waals surface area contributed by atoms with Gasteiger partial charge in [0, 0.05) is 13.0 Å². The van der Waals surface area contributed by atoms with E-state index in [0.29, 0.717) is 18.4 Å². The predicted molar refractivity (Wildman–Crippen MR) is 99.5 cm³/mol. The van der Waals surface area contributed by atoms with Crippen LogP contribution in [0.25, 0.3) is 0 Å². The van der Waals surface area contributed by atoms with Crippen molar-refractivity contribution >= 4 is 5.78 Å². The van der Waals surface area contributed by atoms with Gasteiger partial charge in [-0.15, -0.1) is 0 Å². The van der Waals surface area contributed by atoms with E-state index in [0.717, 1.165) is 49.9 Å². The smallest absolute Gasteiger partial charge is 0.161 e. The van der Waals surface area contributed by atoms with Gasteiger partial charge in [0.2, 0.25) is 0 Å². The quantitative estimate of drug-likeness (QED) is 0.804. The van der Waals surface area contributed by atoms with Crippen LogP contribution in [0.1, 0.15) is 64.7 Å². The minimum absolute atomic E-state index is 0.0735. The van der Waals surface area contributed by atoms with Gasteiger partial charge in [0.1, 0.15) is 6.61 Å². The first kappa shape index (κ1) is 18.9. The SMILES string of the molecule is COC[C@]1(O)CC[C@H]2[C@H](CCC3[C@@H]2CC[C@]2(C)[C@@H](C(=O)CO)CC[C@@H]32)C1. The molecular weight excluding hydrogens is 328 g/mol. The van der Waals surface area contributed by atoms with Crippen LogP contribution in [0.5, 0.6) is 0 Å². The van der Waals surface area contributed by atoms with E-state index in [2.05, 4.69) is 6.92 Å². The Morgan fingerprint density at radius 1 is 1.04 bits per heavy atom. The van der Waals surface area contributed by atoms with E-state index in [4.69, 9.17) is 4.74 Å². The van der Waals surface area contributed by atoms with Crippen LogP contribution in [0.3, 0.4) is 0 Å². The molecule has 0 bridgehead atoms. The van der Waals surface area contributed by atoms with Crippen LogP contribution in [-0.2, 0) is 9.53 Å². The summed E-state index contributed by atoms with van der Waals surface area (Å²) < 4.78 is 5.28. The second-order valence-corrected chi connectivity index (χ2v) is 10.1. The lowest BCUT2D eigenvalue weighted by Gasteiger charge is -2.57. The molecule has 4 aliphatic rings. The lowest BCUT2D eigenvalue weighted by atomic mass is 9.49. The molecule has 0 heterocycles. The number of fused-ring (bicyclic) bond motifs is 5. The van der Waals surface area contributed by atoms with Gasteiger partial charge in [-0.25, -0.2) is 0 Å². The van der Waals surface area contributed by atoms with Crippen molar-refractivity contribution in [3.8, 4) is 0 Å². The molecule has 4 nitrogen and oxygen atoms in total. The molecule has 0 amide bonds. The van der Waals surface area contributed by atoms with Crippen molar-refractivity contribution in [1.82, 2.24) is 0 Å². The number of ether oxygens (including phenoxy) is 1. The number of methoxy groups -OCH3 is 1. The molecule has 4 heteroatoms. The monoisotopic (exact) mass is 364 g/mol. The van der Waals surface area contributed by atoms with Crippen LogP contribution in [0, 0.1) is 40.9 Å². The largest absolute Gasteiger partial charge is 0.389 e. The normalized spacial score (nSPS) is 50.6. The molecular formula is C22H36O4. The Hall–Kier alpha value is -0.450. The second-order valence-electron chi connectivity index (χ2n) is 10.1. The summed E-state index contributed by atoms with van der Waals surface area (Å²) in [6.07, 6.45) is 9.91. The van der Waals surface area contributed by atoms with E-state index in [9.17, 15) is 15.0 Å². The van der Waals surface area contributed by atoms with Crippen LogP contribution < -0.4 is 0 Å². The number of rotatable bonds is 4. The standard InChI is InChI=1S/C22H36O4/c1-21-9-7-16-15-8-10-22(25,13-26-2)11-14(15)3-4-17(16)18(21)5-6-19(21)20(24)12-23/h14-19,23,25H,3-13H2,1-2H3/t14-,15+,16-,17?,18+,19-,21+,22+/m1/s1. The van der Waals surface area contributed by atoms with E-state index in [1.165, 1.54) is 25.7 Å². The minimum atomic E-state index is -0.613. The first-order valence-corrected chi connectivity index (χ1v) is 10.8. The third-order valence-corrected chi connectivity index (χ3v) is 9.06. The number of hydrogen-bond donors (Lipinski definition) is 2. The highest BCUT2D eigenvalue weighted by Crippen LogP contribution is 2.64. The summed E-state index contributed by atoms with van der Waals surface area (Å²) in [6.45, 7) is 2.52. The highest BCUT2D eigenvalue weighted by molar-refractivity contribution is 5.83. The average Bonchev–Trinajstić information content (AvgIpc) is 2.98. The first-order chi connectivity index (χ1) is 12.4. The molecule has 0 aliphatic heterocycles. The van der Waals surface area contributed by atoms with Crippen molar-refractivity contribution in [3.05, 3.63) is 0 Å². The summed E-state index contributed by atoms with van der Waals surface area (Å²) in [5.41, 5.74) is -0.503. The summed E-state index contributed by atoms with van der Waals surface area (Å²) in [4.78, 5) is 12.3. The average molecular weight is 365 g/mol. The fourth-order valence-electron chi connectivity index (χ4n) is 8.00. The maximum atomic E-state index is 12.3. The number of hydrogen-bond acceptors (Lipinski definition) is 4. The topological polar surface area (TPSA) is 66.8 Å². The van der Waals surface area contributed by atoms with E-state index in [1.807, 2.05) is 0 Å². The Kier molecular flexibility index (Phi) is 4.98. The molecule has 4 saturated carbocycles. The third kappa shape index (κ3) is 2.87. The molecule has 0 radical (unpaired) electrons. The van der Waals surface area contributed by atoms with Gasteiger partial charge >= 0.3 is 0 Å². The summed E-state index contributed by atoms with van der Waals surface area (Å²) in [7, 11) is 1.69. The summed E-state index contributed by atoms with van der Waals surface area (Å²) in [5, 5.41) is 20.2. The Labute approximate surface area is 157 Å². The van der Waals surface area contributed by atoms with E-state index >= 15 is 0 Å². The van der Waals surface area contributed by atoms with Crippen molar-refractivity contribution in [2.45, 2.75) is 70.3 Å². The van der Waals surface area contributed by atoms with E-state index in [1.54, 1.807) is 7.11 Å². The molecule has 2 N–H and O–H groups in total. The Morgan fingerprint density at radius 3 is 2.54 bits per heavy atom. The maximum Gasteiger partial charge on any atom is 0.161 e. The predicted octanol–water partition coefficient (Wildman–Crippen LogP) is 3.19. The van der Waals surface area contributed by atoms with Crippen LogP contribution in [0.2, 0.25) is 0 Å². The molecule has 0 aromatic rings. The highest BCUT2D eigenvalue weighted by atomic mass is 16.5. The summed E-state index contributed by atoms with van der Waals surface area (Å²) >= 11 is 0. The molecule has 148 valence electrons. The number of aliphatic hydroxyl groups excluding tert-OH is 1. The van der Waals surface area contributed by atoms with Gasteiger partial charge in [-0.05, 0) is 92.8 Å². The fraction of sp³-hybridized carbons (Fsp3) is 0.955. The number of carbonyl (C=O) groups is 1. The fourth-order valence-corrected chi connectivity index (χ4v) is 8.00. The van der Waals surface area contributed by atoms with Gasteiger partial charge in [0.05, 0.1) is 12.2 Å². The van der Waals surface area contributed by atoms with Gasteiger partial charge in [-0.1, -0.05) is 6.92 Å². The number of ketones is 1. The zero-order valence-corrected chi connectivity index (χ0v) is 16.5. The van der Waals surface area contributed by atoms with Crippen LogP contribution in [0.15, 0.2) is 0 Å². The van der Waals surface area contributed by atoms with Crippen molar-refractivity contribution < 1.29 is 19.7 Å². The molecule has 0 aromatic heterocycles. The van der Waals surface area contributed by atoms with Gasteiger partial charge < -0.3 is 14.9 Å². The van der Waals surface area contributed by atoms with Crippen molar-refractivity contribution in [2.75, 3.05) is 20.3 Å². The maximum absolute atomic E-state index is 12.3. The second kappa shape index (κ2) is 6.86. The number of carbonyl (C=O) groups excluding carboxylic acids is 1. The van der Waals surface area contributed by atoms with Crippen LogP contribution >= 0.6 is 0 Å². The Morgan fingerprint density at radius 2 is 1.81 bits per heavy atom. The van der Waals surface area contributed by atoms with Crippen molar-refractivity contribution in [1.29, 1.82) is 0 Å². The van der Waals surface area contributed by atoms with Crippen molar-refractivity contribution in [2.24, 2.45) is 40.9 Å². The molecule has 4 aliphatic carbocycles. The molecule has 4 rings (SSSR count). The number of aliphatic hydroxyl groups is 2. The highest BCUT2D eigenvalue weighted by Gasteiger charge is 2.58. The molecule has 1 unspecified atom stereocenters. The minimum Gasteiger partial charge on any atom is -0.389 e. The zero-order chi connectivity index (χ0) is 18.5. The molecule has 26 heavy (non-hydrogen) atoms. The van der Waals surface area contributed by atoms with Gasteiger partial charge in [-0.3, -0.25) is 4.79 Å². The van der Waals surface area contributed by atoms with Crippen LogP contribution in [0.4, 0.5) is 0 Å². The number of Topliss-reactive ketones (excluding diaryl/α,β-unsaturated/α-hetero) is 1. The van der Waals surface area contributed by atoms with Gasteiger partial charge in [-0.2, -0.15) is 0 Å². The van der Waals surface area contributed by atoms with Gasteiger partial charge in [0.15, 0.2) is 5.78 Å². The van der Waals surface area contributed by atoms with E-state index < -0.39 is 5.60 Å². The molecule has 0 saturated heterocycles. The third-order valence-electron chi connectivity index (χ3n) is 9.06. The Balaban J connectivity index is 1.50. The first-order valence-electron chi connectivity index (χ1n) is 10.8. The zero-order valence-electron chi connectivity index (χ0n) is 16.5. The van der Waals surface area contributed by atoms with Crippen LogP contribution in [-0.4, -0.2) is 41.9 Å². The molecule has 0 aromatic carbocycles. The summed E-state index contributed by atoms with van der Waals surface area (Å²) in [5.74, 6) is 3.73. The van der Waals surface area contributed by atoms with Crippen molar-refractivity contribution in [3.63, 3.8) is 0 Å². The van der Waals surface area contributed by atoms with E-state index in [-0.39, 0.29) is 23.7 Å². The molecule has 4 fully saturated rings. The molecule has 0 spiro atoms. The molecule has 8 atom stereocenters. The lowest BCUT2D eigenvalue weighted by Crippen LogP contribution is -2.52. The lowest BCUT2D eigenvalue weighted by molar-refractivity contribution is -0.138. The summed E-state index contributed by atoms with van der Waals surface area (Å²) in [6, 6.07) is 0. The Bertz CT molecular complexity index is 548. The van der Waals surface area contributed by atoms with Gasteiger partial charge in [0.25, 0.3) is 0 Å².